The SMILES string of the molecule is Nc1ccc(S(=O)(=O)NCCn2ccnn2)cc1F. The van der Waals surface area contributed by atoms with E-state index < -0.39 is 15.8 Å². The van der Waals surface area contributed by atoms with Crippen LogP contribution in [0.4, 0.5) is 10.1 Å². The number of rotatable bonds is 5. The summed E-state index contributed by atoms with van der Waals surface area (Å²) in [6.07, 6.45) is 3.10. The van der Waals surface area contributed by atoms with E-state index in [0.29, 0.717) is 6.54 Å². The van der Waals surface area contributed by atoms with E-state index in [9.17, 15) is 12.8 Å². The lowest BCUT2D eigenvalue weighted by molar-refractivity contribution is 0.551. The number of aromatic nitrogens is 3. The van der Waals surface area contributed by atoms with Crippen LogP contribution in [0, 0.1) is 5.82 Å². The number of halogens is 1. The summed E-state index contributed by atoms with van der Waals surface area (Å²) in [6.45, 7) is 0.453. The summed E-state index contributed by atoms with van der Waals surface area (Å²) < 4.78 is 40.8. The maximum absolute atomic E-state index is 13.2. The molecular formula is C10H12FN5O2S. The van der Waals surface area contributed by atoms with Gasteiger partial charge >= 0.3 is 0 Å². The minimum Gasteiger partial charge on any atom is -0.396 e. The lowest BCUT2D eigenvalue weighted by Gasteiger charge is -2.07. The molecule has 9 heteroatoms. The highest BCUT2D eigenvalue weighted by Gasteiger charge is 2.15. The van der Waals surface area contributed by atoms with E-state index in [-0.39, 0.29) is 17.1 Å². The molecule has 0 saturated heterocycles. The molecule has 0 aliphatic heterocycles. The second-order valence-electron chi connectivity index (χ2n) is 3.75. The number of anilines is 1. The Labute approximate surface area is 109 Å². The van der Waals surface area contributed by atoms with E-state index in [0.717, 1.165) is 6.07 Å². The van der Waals surface area contributed by atoms with Crippen LogP contribution in [-0.4, -0.2) is 30.0 Å². The highest BCUT2D eigenvalue weighted by molar-refractivity contribution is 7.89. The number of nitrogen functional groups attached to an aromatic ring is 1. The van der Waals surface area contributed by atoms with Crippen LogP contribution in [0.1, 0.15) is 0 Å². The molecule has 0 aliphatic carbocycles. The maximum atomic E-state index is 13.2. The molecule has 0 spiro atoms. The number of benzene rings is 1. The van der Waals surface area contributed by atoms with E-state index >= 15 is 0 Å². The van der Waals surface area contributed by atoms with Gasteiger partial charge in [0.1, 0.15) is 5.82 Å². The molecule has 7 nitrogen and oxygen atoms in total. The van der Waals surface area contributed by atoms with Gasteiger partial charge in [-0.05, 0) is 18.2 Å². The number of hydrogen-bond acceptors (Lipinski definition) is 5. The second-order valence-corrected chi connectivity index (χ2v) is 5.51. The van der Waals surface area contributed by atoms with Crippen LogP contribution in [0.3, 0.4) is 0 Å². The van der Waals surface area contributed by atoms with Gasteiger partial charge in [0.25, 0.3) is 0 Å². The van der Waals surface area contributed by atoms with Crippen LogP contribution in [0.15, 0.2) is 35.5 Å². The van der Waals surface area contributed by atoms with Gasteiger partial charge in [-0.3, -0.25) is 4.68 Å². The van der Waals surface area contributed by atoms with Gasteiger partial charge in [-0.25, -0.2) is 17.5 Å². The lowest BCUT2D eigenvalue weighted by atomic mass is 10.3. The van der Waals surface area contributed by atoms with Gasteiger partial charge < -0.3 is 5.73 Å². The zero-order chi connectivity index (χ0) is 13.9. The van der Waals surface area contributed by atoms with Gasteiger partial charge in [0, 0.05) is 12.7 Å². The fourth-order valence-electron chi connectivity index (χ4n) is 1.40. The van der Waals surface area contributed by atoms with Crippen molar-refractivity contribution in [1.29, 1.82) is 0 Å². The van der Waals surface area contributed by atoms with Gasteiger partial charge in [0.15, 0.2) is 0 Å². The molecule has 0 aliphatic rings. The number of hydrogen-bond donors (Lipinski definition) is 2. The average molecular weight is 285 g/mol. The summed E-state index contributed by atoms with van der Waals surface area (Å²) in [5.74, 6) is -0.765. The summed E-state index contributed by atoms with van der Waals surface area (Å²) in [5, 5.41) is 7.28. The van der Waals surface area contributed by atoms with Crippen molar-refractivity contribution in [2.24, 2.45) is 0 Å². The summed E-state index contributed by atoms with van der Waals surface area (Å²) >= 11 is 0. The number of nitrogens with one attached hydrogen (secondary N) is 1. The third kappa shape index (κ3) is 3.26. The summed E-state index contributed by atoms with van der Waals surface area (Å²) in [6, 6.07) is 3.34. The van der Waals surface area contributed by atoms with Crippen molar-refractivity contribution in [2.45, 2.75) is 11.4 Å². The second kappa shape index (κ2) is 5.33. The molecule has 102 valence electrons. The van der Waals surface area contributed by atoms with E-state index in [1.807, 2.05) is 0 Å². The van der Waals surface area contributed by atoms with Crippen molar-refractivity contribution in [1.82, 2.24) is 19.7 Å². The molecule has 1 aromatic carbocycles. The van der Waals surface area contributed by atoms with Gasteiger partial charge in [-0.2, -0.15) is 0 Å². The molecule has 19 heavy (non-hydrogen) atoms. The Hall–Kier alpha value is -2.00. The Morgan fingerprint density at radius 2 is 2.21 bits per heavy atom. The molecule has 0 bridgehead atoms. The molecule has 0 atom stereocenters. The van der Waals surface area contributed by atoms with E-state index in [1.165, 1.54) is 23.0 Å². The van der Waals surface area contributed by atoms with Crippen LogP contribution in [0.2, 0.25) is 0 Å². The molecule has 3 N–H and O–H groups in total. The molecule has 0 radical (unpaired) electrons. The summed E-state index contributed by atoms with van der Waals surface area (Å²) in [5.41, 5.74) is 5.19. The molecule has 0 unspecified atom stereocenters. The fraction of sp³-hybridized carbons (Fsp3) is 0.200. The molecule has 2 aromatic rings. The number of sulfonamides is 1. The quantitative estimate of drug-likeness (QED) is 0.751. The lowest BCUT2D eigenvalue weighted by Crippen LogP contribution is -2.27. The third-order valence-electron chi connectivity index (χ3n) is 2.39. The van der Waals surface area contributed by atoms with Crippen molar-refractivity contribution in [3.05, 3.63) is 36.4 Å². The number of nitrogens with zero attached hydrogens (tertiary/aromatic N) is 3. The van der Waals surface area contributed by atoms with Crippen LogP contribution >= 0.6 is 0 Å². The zero-order valence-electron chi connectivity index (χ0n) is 9.82. The predicted molar refractivity (Wildman–Crippen MR) is 66.0 cm³/mol. The minimum atomic E-state index is -3.76. The Balaban J connectivity index is 2.03. The van der Waals surface area contributed by atoms with Crippen LogP contribution in [0.5, 0.6) is 0 Å². The van der Waals surface area contributed by atoms with E-state index in [2.05, 4.69) is 15.0 Å². The molecular weight excluding hydrogens is 273 g/mol. The summed E-state index contributed by atoms with van der Waals surface area (Å²) in [4.78, 5) is -0.169. The Morgan fingerprint density at radius 1 is 1.42 bits per heavy atom. The molecule has 0 fully saturated rings. The zero-order valence-corrected chi connectivity index (χ0v) is 10.6. The molecule has 0 saturated carbocycles. The van der Waals surface area contributed by atoms with Crippen molar-refractivity contribution < 1.29 is 12.8 Å². The Kier molecular flexibility index (Phi) is 3.76. The molecule has 1 aromatic heterocycles. The van der Waals surface area contributed by atoms with Crippen LogP contribution < -0.4 is 10.5 Å². The Morgan fingerprint density at radius 3 is 2.84 bits per heavy atom. The van der Waals surface area contributed by atoms with Crippen LogP contribution in [0.25, 0.3) is 0 Å². The third-order valence-corrected chi connectivity index (χ3v) is 3.85. The molecule has 0 amide bonds. The van der Waals surface area contributed by atoms with Crippen molar-refractivity contribution in [2.75, 3.05) is 12.3 Å². The first-order valence-electron chi connectivity index (χ1n) is 5.38. The van der Waals surface area contributed by atoms with Crippen molar-refractivity contribution >= 4 is 15.7 Å². The Bertz CT molecular complexity index is 657. The maximum Gasteiger partial charge on any atom is 0.240 e. The van der Waals surface area contributed by atoms with Gasteiger partial charge in [0.2, 0.25) is 10.0 Å². The average Bonchev–Trinajstić information content (AvgIpc) is 2.85. The smallest absolute Gasteiger partial charge is 0.240 e. The minimum absolute atomic E-state index is 0.0958. The van der Waals surface area contributed by atoms with Crippen molar-refractivity contribution in [3.8, 4) is 0 Å². The molecule has 2 rings (SSSR count). The van der Waals surface area contributed by atoms with E-state index in [1.54, 1.807) is 6.20 Å². The van der Waals surface area contributed by atoms with E-state index in [4.69, 9.17) is 5.73 Å². The normalized spacial score (nSPS) is 11.6. The highest BCUT2D eigenvalue weighted by Crippen LogP contribution is 2.15. The first-order valence-corrected chi connectivity index (χ1v) is 6.86. The highest BCUT2D eigenvalue weighted by atomic mass is 32.2. The predicted octanol–water partition coefficient (Wildman–Crippen LogP) is -0.0221. The fourth-order valence-corrected chi connectivity index (χ4v) is 2.44. The first kappa shape index (κ1) is 13.4. The summed E-state index contributed by atoms with van der Waals surface area (Å²) in [7, 11) is -3.76. The van der Waals surface area contributed by atoms with Crippen LogP contribution in [-0.2, 0) is 16.6 Å². The van der Waals surface area contributed by atoms with Crippen molar-refractivity contribution in [3.63, 3.8) is 0 Å². The largest absolute Gasteiger partial charge is 0.396 e. The molecule has 1 heterocycles. The van der Waals surface area contributed by atoms with Gasteiger partial charge in [0.05, 0.1) is 23.3 Å². The van der Waals surface area contributed by atoms with Gasteiger partial charge in [-0.1, -0.05) is 5.21 Å². The standard InChI is InChI=1S/C10H12FN5O2S/c11-9-7-8(1-2-10(9)12)19(17,18)14-4-6-16-5-3-13-15-16/h1-3,5,7,14H,4,6,12H2. The number of nitrogens with two attached hydrogens (primary N) is 1. The topological polar surface area (TPSA) is 103 Å². The monoisotopic (exact) mass is 285 g/mol. The van der Waals surface area contributed by atoms with Gasteiger partial charge in [-0.15, -0.1) is 5.10 Å². The first-order chi connectivity index (χ1) is 8.99.